The van der Waals surface area contributed by atoms with Crippen LogP contribution in [0.25, 0.3) is 0 Å². The van der Waals surface area contributed by atoms with E-state index < -0.39 is 0 Å². The molecule has 54 valence electrons. The lowest BCUT2D eigenvalue weighted by molar-refractivity contribution is -0.605. The van der Waals surface area contributed by atoms with Gasteiger partial charge in [-0.3, -0.25) is 5.84 Å². The minimum Gasteiger partial charge on any atom is -0.619 e. The zero-order valence-electron chi connectivity index (χ0n) is 5.66. The van der Waals surface area contributed by atoms with Crippen molar-refractivity contribution in [3.8, 4) is 0 Å². The molecule has 0 aliphatic heterocycles. The van der Waals surface area contributed by atoms with Gasteiger partial charge in [-0.1, -0.05) is 0 Å². The Balaban J connectivity index is 3.07. The summed E-state index contributed by atoms with van der Waals surface area (Å²) in [5, 5.41) is 10.6. The molecule has 0 atom stereocenters. The number of hydrogen-bond acceptors (Lipinski definition) is 3. The molecule has 0 unspecified atom stereocenters. The molecular weight excluding hydrogens is 130 g/mol. The first-order chi connectivity index (χ1) is 4.74. The number of anilines is 1. The molecule has 0 bridgehead atoms. The summed E-state index contributed by atoms with van der Waals surface area (Å²) in [6.45, 7) is 1.81. The van der Waals surface area contributed by atoms with Crippen LogP contribution in [0.1, 0.15) is 5.56 Å². The van der Waals surface area contributed by atoms with Crippen LogP contribution in [0, 0.1) is 12.1 Å². The van der Waals surface area contributed by atoms with Crippen molar-refractivity contribution < 1.29 is 4.73 Å². The maximum absolute atomic E-state index is 10.6. The molecule has 0 aliphatic carbocycles. The summed E-state index contributed by atoms with van der Waals surface area (Å²) in [7, 11) is 0. The molecule has 4 nitrogen and oxygen atoms in total. The molecular formula is C6H9N3O. The summed E-state index contributed by atoms with van der Waals surface area (Å²) in [4.78, 5) is 0. The molecule has 0 spiro atoms. The quantitative estimate of drug-likeness (QED) is 0.247. The number of nitrogen functional groups attached to an aromatic ring is 1. The topological polar surface area (TPSA) is 65.0 Å². The molecule has 0 aromatic carbocycles. The van der Waals surface area contributed by atoms with Crippen molar-refractivity contribution in [3.63, 3.8) is 0 Å². The fourth-order valence-corrected chi connectivity index (χ4v) is 0.745. The van der Waals surface area contributed by atoms with Gasteiger partial charge in [-0.25, -0.2) is 0 Å². The molecule has 4 heteroatoms. The number of nitrogens with zero attached hydrogens (tertiary/aromatic N) is 1. The standard InChI is InChI=1S/C6H9N3O/c1-5-4-9(10)3-2-6(5)8-7/h2-4,8H,7H2,1H3. The van der Waals surface area contributed by atoms with Gasteiger partial charge in [0.15, 0.2) is 12.4 Å². The van der Waals surface area contributed by atoms with E-state index in [4.69, 9.17) is 5.84 Å². The smallest absolute Gasteiger partial charge is 0.185 e. The maximum Gasteiger partial charge on any atom is 0.185 e. The molecule has 1 rings (SSSR count). The molecule has 1 aromatic rings. The molecule has 1 heterocycles. The third-order valence-corrected chi connectivity index (χ3v) is 1.29. The lowest BCUT2D eigenvalue weighted by atomic mass is 10.3. The molecule has 0 saturated carbocycles. The van der Waals surface area contributed by atoms with Crippen LogP contribution < -0.4 is 16.0 Å². The fourth-order valence-electron chi connectivity index (χ4n) is 0.745. The third kappa shape index (κ3) is 1.16. The van der Waals surface area contributed by atoms with Crippen molar-refractivity contribution in [2.75, 3.05) is 5.43 Å². The number of aromatic nitrogens is 1. The van der Waals surface area contributed by atoms with Crippen molar-refractivity contribution in [2.24, 2.45) is 5.84 Å². The van der Waals surface area contributed by atoms with Crippen molar-refractivity contribution >= 4 is 5.69 Å². The van der Waals surface area contributed by atoms with E-state index in [1.54, 1.807) is 6.07 Å². The second kappa shape index (κ2) is 2.53. The van der Waals surface area contributed by atoms with Crippen molar-refractivity contribution in [2.45, 2.75) is 6.92 Å². The van der Waals surface area contributed by atoms with E-state index in [2.05, 4.69) is 5.43 Å². The van der Waals surface area contributed by atoms with Crippen LogP contribution in [-0.4, -0.2) is 0 Å². The minimum absolute atomic E-state index is 0.732. The Labute approximate surface area is 58.8 Å². The Morgan fingerprint density at radius 3 is 2.90 bits per heavy atom. The summed E-state index contributed by atoms with van der Waals surface area (Å²) in [6.07, 6.45) is 2.84. The van der Waals surface area contributed by atoms with E-state index in [1.165, 1.54) is 12.4 Å². The molecule has 0 radical (unpaired) electrons. The van der Waals surface area contributed by atoms with E-state index in [0.29, 0.717) is 0 Å². The molecule has 0 aliphatic rings. The SMILES string of the molecule is Cc1c[n+]([O-])ccc1NN. The predicted octanol–water partition coefficient (Wildman–Crippen LogP) is -0.0860. The van der Waals surface area contributed by atoms with Crippen LogP contribution in [0.4, 0.5) is 5.69 Å². The summed E-state index contributed by atoms with van der Waals surface area (Å²) in [6, 6.07) is 1.63. The average Bonchev–Trinajstić information content (AvgIpc) is 1.88. The molecule has 10 heavy (non-hydrogen) atoms. The molecule has 0 saturated heterocycles. The molecule has 0 fully saturated rings. The Morgan fingerprint density at radius 2 is 2.40 bits per heavy atom. The van der Waals surface area contributed by atoms with Crippen molar-refractivity contribution in [3.05, 3.63) is 29.2 Å². The largest absolute Gasteiger partial charge is 0.619 e. The first-order valence-electron chi connectivity index (χ1n) is 2.90. The number of nitrogens with one attached hydrogen (secondary N) is 1. The first kappa shape index (κ1) is 6.82. The molecule has 0 amide bonds. The van der Waals surface area contributed by atoms with Gasteiger partial charge in [0.2, 0.25) is 0 Å². The number of nitrogens with two attached hydrogens (primary N) is 1. The lowest BCUT2D eigenvalue weighted by Gasteiger charge is -2.02. The highest BCUT2D eigenvalue weighted by molar-refractivity contribution is 5.46. The van der Waals surface area contributed by atoms with E-state index in [1.807, 2.05) is 6.92 Å². The first-order valence-corrected chi connectivity index (χ1v) is 2.90. The summed E-state index contributed by atoms with van der Waals surface area (Å²) in [5.74, 6) is 5.14. The highest BCUT2D eigenvalue weighted by Gasteiger charge is 1.97. The van der Waals surface area contributed by atoms with Gasteiger partial charge in [-0.2, -0.15) is 4.73 Å². The monoisotopic (exact) mass is 139 g/mol. The van der Waals surface area contributed by atoms with E-state index in [9.17, 15) is 5.21 Å². The highest BCUT2D eigenvalue weighted by Crippen LogP contribution is 2.07. The lowest BCUT2D eigenvalue weighted by Crippen LogP contribution is -2.25. The minimum atomic E-state index is 0.732. The van der Waals surface area contributed by atoms with Crippen LogP contribution in [0.5, 0.6) is 0 Å². The van der Waals surface area contributed by atoms with E-state index >= 15 is 0 Å². The van der Waals surface area contributed by atoms with Gasteiger partial charge >= 0.3 is 0 Å². The van der Waals surface area contributed by atoms with Crippen molar-refractivity contribution in [1.82, 2.24) is 0 Å². The predicted molar refractivity (Wildman–Crippen MR) is 37.9 cm³/mol. The van der Waals surface area contributed by atoms with Gasteiger partial charge in [0.25, 0.3) is 0 Å². The Hall–Kier alpha value is -1.29. The Kier molecular flexibility index (Phi) is 1.73. The van der Waals surface area contributed by atoms with Crippen molar-refractivity contribution in [1.29, 1.82) is 0 Å². The fraction of sp³-hybridized carbons (Fsp3) is 0.167. The van der Waals surface area contributed by atoms with Crippen LogP contribution in [0.3, 0.4) is 0 Å². The second-order valence-electron chi connectivity index (χ2n) is 2.05. The number of hydrazine groups is 1. The van der Waals surface area contributed by atoms with Crippen LogP contribution in [0.2, 0.25) is 0 Å². The number of hydrogen-bond donors (Lipinski definition) is 2. The van der Waals surface area contributed by atoms with E-state index in [-0.39, 0.29) is 0 Å². The Morgan fingerprint density at radius 1 is 1.70 bits per heavy atom. The highest BCUT2D eigenvalue weighted by atomic mass is 16.5. The Bertz CT molecular complexity index is 236. The van der Waals surface area contributed by atoms with Gasteiger partial charge in [-0.15, -0.1) is 0 Å². The third-order valence-electron chi connectivity index (χ3n) is 1.29. The van der Waals surface area contributed by atoms with Gasteiger partial charge in [0.1, 0.15) is 0 Å². The van der Waals surface area contributed by atoms with Gasteiger partial charge in [-0.05, 0) is 6.92 Å². The van der Waals surface area contributed by atoms with Crippen LogP contribution in [0.15, 0.2) is 18.5 Å². The summed E-state index contributed by atoms with van der Waals surface area (Å²) >= 11 is 0. The zero-order chi connectivity index (χ0) is 7.56. The molecule has 1 aromatic heterocycles. The van der Waals surface area contributed by atoms with Gasteiger partial charge in [0, 0.05) is 11.6 Å². The van der Waals surface area contributed by atoms with Gasteiger partial charge in [0.05, 0.1) is 5.69 Å². The second-order valence-corrected chi connectivity index (χ2v) is 2.05. The maximum atomic E-state index is 10.6. The average molecular weight is 139 g/mol. The van der Waals surface area contributed by atoms with Crippen LogP contribution >= 0.6 is 0 Å². The number of pyridine rings is 1. The number of rotatable bonds is 1. The van der Waals surface area contributed by atoms with Crippen LogP contribution in [-0.2, 0) is 0 Å². The summed E-state index contributed by atoms with van der Waals surface area (Å²) < 4.78 is 0.732. The van der Waals surface area contributed by atoms with Gasteiger partial charge < -0.3 is 10.6 Å². The number of aryl methyl sites for hydroxylation is 1. The zero-order valence-corrected chi connectivity index (χ0v) is 5.66. The molecule has 3 N–H and O–H groups in total. The summed E-state index contributed by atoms with van der Waals surface area (Å²) in [5.41, 5.74) is 4.07. The van der Waals surface area contributed by atoms with E-state index in [0.717, 1.165) is 16.0 Å². The normalized spacial score (nSPS) is 9.40.